The van der Waals surface area contributed by atoms with Crippen molar-refractivity contribution in [1.29, 1.82) is 0 Å². The number of methoxy groups -OCH3 is 1. The second-order valence-electron chi connectivity index (χ2n) is 21.4. The standard InChI is InChI=1S/C58H72O32/c1-25-39(66)43(70)46(73)54(80-25)81-30-14-9-27(10-15-30)12-18-38(65)85-49-36(23-78-26(2)62)84-57(51(87-56-48(75)45(72)41(68)34(21-60)83-56)50(49)86-55-47(74)44(71)40(67)33(20-59)82-55)90-58(24-79-37(64)17-13-28-11-16-31(63)32(19-28)77-3)52(42(69)35(22-61)89-58)88-53(76)29-7-5-4-6-8-29/h4-19,25,33-36,39-52,54-57,59-61,63,66-75H,20-24H2,1-3H3. The number of rotatable bonds is 23. The van der Waals surface area contributed by atoms with Gasteiger partial charge < -0.3 is 138 Å². The molecule has 24 atom stereocenters. The summed E-state index contributed by atoms with van der Waals surface area (Å²) in [6, 6.07) is 16.8. The fraction of sp³-hybridized carbons (Fsp3) is 0.552. The molecule has 5 heterocycles. The summed E-state index contributed by atoms with van der Waals surface area (Å²) in [5.74, 6) is -7.71. The first-order valence-electron chi connectivity index (χ1n) is 28.1. The van der Waals surface area contributed by atoms with Crippen molar-refractivity contribution in [2.24, 2.45) is 0 Å². The van der Waals surface area contributed by atoms with Crippen molar-refractivity contribution < 1.29 is 157 Å². The number of aliphatic hydroxyl groups is 13. The van der Waals surface area contributed by atoms with Gasteiger partial charge in [-0.25, -0.2) is 14.4 Å². The van der Waals surface area contributed by atoms with Crippen LogP contribution >= 0.6 is 0 Å². The number of phenols is 1. The molecule has 0 aromatic heterocycles. The Labute approximate surface area is 511 Å². The van der Waals surface area contributed by atoms with Crippen molar-refractivity contribution in [1.82, 2.24) is 0 Å². The molecule has 5 saturated heterocycles. The first-order valence-corrected chi connectivity index (χ1v) is 28.1. The molecule has 0 spiro atoms. The third-order valence-corrected chi connectivity index (χ3v) is 15.2. The third-order valence-electron chi connectivity index (χ3n) is 15.2. The van der Waals surface area contributed by atoms with Crippen LogP contribution in [0.4, 0.5) is 0 Å². The van der Waals surface area contributed by atoms with Crippen LogP contribution in [0.25, 0.3) is 12.2 Å². The molecule has 5 fully saturated rings. The van der Waals surface area contributed by atoms with E-state index in [1.807, 2.05) is 0 Å². The minimum Gasteiger partial charge on any atom is -0.504 e. The van der Waals surface area contributed by atoms with Crippen molar-refractivity contribution in [3.05, 3.63) is 102 Å². The number of ether oxygens (including phenoxy) is 14. The van der Waals surface area contributed by atoms with Gasteiger partial charge in [-0.15, -0.1) is 0 Å². The molecule has 8 rings (SSSR count). The number of aromatic hydroxyl groups is 1. The zero-order chi connectivity index (χ0) is 65.3. The van der Waals surface area contributed by atoms with Crippen LogP contribution in [0.2, 0.25) is 0 Å². The van der Waals surface area contributed by atoms with E-state index < -0.39 is 204 Å². The number of esters is 4. The van der Waals surface area contributed by atoms with Crippen LogP contribution in [0.5, 0.6) is 17.2 Å². The van der Waals surface area contributed by atoms with Gasteiger partial charge in [0.1, 0.15) is 117 Å². The minimum absolute atomic E-state index is 0.0237. The summed E-state index contributed by atoms with van der Waals surface area (Å²) >= 11 is 0. The van der Waals surface area contributed by atoms with Crippen molar-refractivity contribution in [3.8, 4) is 17.2 Å². The Morgan fingerprint density at radius 2 is 1.11 bits per heavy atom. The molecule has 0 amide bonds. The van der Waals surface area contributed by atoms with Gasteiger partial charge in [-0.1, -0.05) is 36.4 Å². The van der Waals surface area contributed by atoms with E-state index in [4.69, 9.17) is 66.3 Å². The Bertz CT molecular complexity index is 2910. The molecular formula is C58H72O32. The molecule has 32 heteroatoms. The Morgan fingerprint density at radius 3 is 1.71 bits per heavy atom. The monoisotopic (exact) mass is 1280 g/mol. The van der Waals surface area contributed by atoms with E-state index in [0.29, 0.717) is 5.56 Å². The highest BCUT2D eigenvalue weighted by molar-refractivity contribution is 5.90. The van der Waals surface area contributed by atoms with Gasteiger partial charge in [0.15, 0.2) is 42.6 Å². The van der Waals surface area contributed by atoms with Gasteiger partial charge in [-0.2, -0.15) is 0 Å². The number of phenolic OH excluding ortho intramolecular Hbond substituents is 1. The Kier molecular flexibility index (Phi) is 23.8. The van der Waals surface area contributed by atoms with Crippen molar-refractivity contribution >= 4 is 36.0 Å². The number of aliphatic hydroxyl groups excluding tert-OH is 13. The van der Waals surface area contributed by atoms with Crippen molar-refractivity contribution in [3.63, 3.8) is 0 Å². The first kappa shape index (κ1) is 69.5. The second kappa shape index (κ2) is 30.8. The predicted octanol–water partition coefficient (Wildman–Crippen LogP) is -4.86. The highest BCUT2D eigenvalue weighted by atomic mass is 16.8. The highest BCUT2D eigenvalue weighted by Gasteiger charge is 2.64. The van der Waals surface area contributed by atoms with Gasteiger partial charge in [0.05, 0.1) is 38.6 Å². The highest BCUT2D eigenvalue weighted by Crippen LogP contribution is 2.42. The molecule has 0 radical (unpaired) electrons. The van der Waals surface area contributed by atoms with E-state index >= 15 is 0 Å². The van der Waals surface area contributed by atoms with Crippen LogP contribution in [-0.2, 0) is 71.2 Å². The van der Waals surface area contributed by atoms with Gasteiger partial charge in [-0.3, -0.25) is 4.79 Å². The second-order valence-corrected chi connectivity index (χ2v) is 21.4. The topological polar surface area (TPSA) is 481 Å². The molecule has 0 bridgehead atoms. The molecule has 3 aromatic rings. The van der Waals surface area contributed by atoms with E-state index in [2.05, 4.69) is 0 Å². The molecule has 90 heavy (non-hydrogen) atoms. The SMILES string of the molecule is COc1cc(C=CC(=O)OCC2(OC3OC(COC(C)=O)C(OC(=O)C=Cc4ccc(OC5OC(C)C(O)C(O)C5O)cc4)C(OC4OC(CO)C(O)C(O)C4O)C3OC3OC(CO)C(O)C(O)C3O)OC(CO)C(O)C2OC(=O)c2ccccc2)ccc1O. The average molecular weight is 1280 g/mol. The lowest BCUT2D eigenvalue weighted by atomic mass is 9.95. The molecule has 0 aliphatic carbocycles. The molecule has 3 aromatic carbocycles. The Balaban J connectivity index is 1.22. The van der Waals surface area contributed by atoms with E-state index in [1.165, 1.54) is 92.9 Å². The molecule has 14 N–H and O–H groups in total. The van der Waals surface area contributed by atoms with E-state index in [1.54, 1.807) is 6.07 Å². The van der Waals surface area contributed by atoms with E-state index in [9.17, 15) is 90.7 Å². The summed E-state index contributed by atoms with van der Waals surface area (Å²) in [6.07, 6.45) is -41.0. The lowest BCUT2D eigenvalue weighted by Gasteiger charge is -2.50. The summed E-state index contributed by atoms with van der Waals surface area (Å²) < 4.78 is 82.6. The van der Waals surface area contributed by atoms with Gasteiger partial charge in [-0.05, 0) is 66.6 Å². The fourth-order valence-electron chi connectivity index (χ4n) is 10.2. The smallest absolute Gasteiger partial charge is 0.338 e. The molecule has 32 nitrogen and oxygen atoms in total. The van der Waals surface area contributed by atoms with E-state index in [-0.39, 0.29) is 28.4 Å². The summed E-state index contributed by atoms with van der Waals surface area (Å²) in [5.41, 5.74) is 0.443. The first-order chi connectivity index (χ1) is 42.9. The van der Waals surface area contributed by atoms with Gasteiger partial charge in [0.25, 0.3) is 0 Å². The maximum absolute atomic E-state index is 14.3. The lowest BCUT2D eigenvalue weighted by Crippen LogP contribution is -2.69. The molecule has 24 unspecified atom stereocenters. The Morgan fingerprint density at radius 1 is 0.556 bits per heavy atom. The number of carbonyl (C=O) groups is 4. The molecule has 5 aliphatic heterocycles. The minimum atomic E-state index is -2.96. The van der Waals surface area contributed by atoms with E-state index in [0.717, 1.165) is 19.1 Å². The normalized spacial score (nSPS) is 37.1. The zero-order valence-corrected chi connectivity index (χ0v) is 48.2. The van der Waals surface area contributed by atoms with Gasteiger partial charge >= 0.3 is 23.9 Å². The average Bonchev–Trinajstić information content (AvgIpc) is 1.41. The van der Waals surface area contributed by atoms with Gasteiger partial charge in [0.2, 0.25) is 12.1 Å². The maximum Gasteiger partial charge on any atom is 0.338 e. The Hall–Kier alpha value is -6.42. The van der Waals surface area contributed by atoms with Crippen molar-refractivity contribution in [2.75, 3.05) is 40.1 Å². The fourth-order valence-corrected chi connectivity index (χ4v) is 10.2. The number of benzene rings is 3. The molecule has 0 saturated carbocycles. The van der Waals surface area contributed by atoms with Crippen LogP contribution in [-0.4, -0.2) is 282 Å². The number of carbonyl (C=O) groups excluding carboxylic acids is 4. The van der Waals surface area contributed by atoms with Crippen LogP contribution < -0.4 is 9.47 Å². The number of hydrogen-bond acceptors (Lipinski definition) is 32. The third kappa shape index (κ3) is 16.1. The maximum atomic E-state index is 14.3. The summed E-state index contributed by atoms with van der Waals surface area (Å²) in [5, 5.41) is 151. The summed E-state index contributed by atoms with van der Waals surface area (Å²) in [7, 11) is 1.28. The van der Waals surface area contributed by atoms with Crippen LogP contribution in [0.3, 0.4) is 0 Å². The van der Waals surface area contributed by atoms with Crippen LogP contribution in [0.15, 0.2) is 84.9 Å². The summed E-state index contributed by atoms with van der Waals surface area (Å²) in [6.45, 7) is -2.94. The zero-order valence-electron chi connectivity index (χ0n) is 48.2. The van der Waals surface area contributed by atoms with Gasteiger partial charge in [0, 0.05) is 19.1 Å². The van der Waals surface area contributed by atoms with Crippen molar-refractivity contribution in [2.45, 2.75) is 161 Å². The largest absolute Gasteiger partial charge is 0.504 e. The summed E-state index contributed by atoms with van der Waals surface area (Å²) in [4.78, 5) is 54.8. The van der Waals surface area contributed by atoms with Crippen LogP contribution in [0, 0.1) is 0 Å². The van der Waals surface area contributed by atoms with Crippen LogP contribution in [0.1, 0.15) is 35.3 Å². The number of hydrogen-bond donors (Lipinski definition) is 14. The quantitative estimate of drug-likeness (QED) is 0.0240. The predicted molar refractivity (Wildman–Crippen MR) is 293 cm³/mol. The molecular weight excluding hydrogens is 1210 g/mol. The lowest BCUT2D eigenvalue weighted by molar-refractivity contribution is -0.421. The molecule has 5 aliphatic rings. The molecule has 496 valence electrons.